The van der Waals surface area contributed by atoms with Gasteiger partial charge in [0, 0.05) is 26.8 Å². The Morgan fingerprint density at radius 2 is 1.67 bits per heavy atom. The number of methoxy groups -OCH3 is 2. The Morgan fingerprint density at radius 1 is 1.00 bits per heavy atom. The number of anilines is 1. The van der Waals surface area contributed by atoms with Gasteiger partial charge in [0.05, 0.1) is 25.8 Å². The van der Waals surface area contributed by atoms with Gasteiger partial charge in [0.1, 0.15) is 0 Å². The fourth-order valence-electron chi connectivity index (χ4n) is 3.25. The highest BCUT2D eigenvalue weighted by Crippen LogP contribution is 2.45. The lowest BCUT2D eigenvalue weighted by Gasteiger charge is -2.22. The summed E-state index contributed by atoms with van der Waals surface area (Å²) in [6.07, 6.45) is 0. The zero-order valence-electron chi connectivity index (χ0n) is 14.7. The van der Waals surface area contributed by atoms with Gasteiger partial charge in [-0.1, -0.05) is 18.2 Å². The van der Waals surface area contributed by atoms with Crippen molar-refractivity contribution in [3.63, 3.8) is 0 Å². The van der Waals surface area contributed by atoms with Gasteiger partial charge < -0.3 is 19.3 Å². The van der Waals surface area contributed by atoms with E-state index in [1.807, 2.05) is 33.3 Å². The Hall–Kier alpha value is -2.69. The molecule has 0 aliphatic carbocycles. The highest BCUT2D eigenvalue weighted by Gasteiger charge is 2.38. The van der Waals surface area contributed by atoms with E-state index in [2.05, 4.69) is 29.2 Å². The molecule has 5 heteroatoms. The van der Waals surface area contributed by atoms with Gasteiger partial charge in [0.25, 0.3) is 5.91 Å². The first-order chi connectivity index (χ1) is 11.5. The molecule has 1 amide bonds. The summed E-state index contributed by atoms with van der Waals surface area (Å²) in [5, 5.41) is 0. The number of carbonyl (C=O) groups is 1. The summed E-state index contributed by atoms with van der Waals surface area (Å²) in [5.74, 6) is 1.02. The van der Waals surface area contributed by atoms with E-state index in [4.69, 9.17) is 9.47 Å². The molecule has 0 aromatic heterocycles. The summed E-state index contributed by atoms with van der Waals surface area (Å²) in [4.78, 5) is 16.6. The second-order valence-electron chi connectivity index (χ2n) is 6.07. The predicted octanol–water partition coefficient (Wildman–Crippen LogP) is 2.94. The van der Waals surface area contributed by atoms with Gasteiger partial charge in [-0.15, -0.1) is 0 Å². The Balaban J connectivity index is 2.11. The van der Waals surface area contributed by atoms with Crippen molar-refractivity contribution in [1.82, 2.24) is 4.90 Å². The fourth-order valence-corrected chi connectivity index (χ4v) is 3.25. The number of amides is 1. The quantitative estimate of drug-likeness (QED) is 0.866. The number of fused-ring (bicyclic) bond motifs is 1. The van der Waals surface area contributed by atoms with Crippen molar-refractivity contribution in [3.05, 3.63) is 53.1 Å². The summed E-state index contributed by atoms with van der Waals surface area (Å²) in [6, 6.07) is 11.9. The first-order valence-electron chi connectivity index (χ1n) is 7.79. The minimum Gasteiger partial charge on any atom is -0.493 e. The van der Waals surface area contributed by atoms with Crippen LogP contribution in [0.15, 0.2) is 36.4 Å². The molecule has 1 heterocycles. The van der Waals surface area contributed by atoms with Crippen LogP contribution in [0.5, 0.6) is 11.5 Å². The molecule has 0 saturated heterocycles. The molecule has 126 valence electrons. The topological polar surface area (TPSA) is 42.0 Å². The molecule has 1 aliphatic rings. The average molecular weight is 326 g/mol. The van der Waals surface area contributed by atoms with Crippen LogP contribution in [-0.4, -0.2) is 46.2 Å². The van der Waals surface area contributed by atoms with Gasteiger partial charge >= 0.3 is 0 Å². The zero-order chi connectivity index (χ0) is 17.4. The molecule has 0 saturated carbocycles. The Labute approximate surface area is 142 Å². The number of rotatable bonds is 4. The molecule has 1 atom stereocenters. The van der Waals surface area contributed by atoms with E-state index in [-0.39, 0.29) is 11.9 Å². The van der Waals surface area contributed by atoms with E-state index < -0.39 is 0 Å². The fraction of sp³-hybridized carbons (Fsp3) is 0.316. The van der Waals surface area contributed by atoms with Crippen molar-refractivity contribution in [1.29, 1.82) is 0 Å². The van der Waals surface area contributed by atoms with Crippen molar-refractivity contribution in [2.24, 2.45) is 0 Å². The van der Waals surface area contributed by atoms with E-state index in [9.17, 15) is 4.79 Å². The SMILES string of the molecule is COc1ccc2c(c1OC)C(=O)N(C)C2c1ccc(N(C)C)cc1. The van der Waals surface area contributed by atoms with Crippen LogP contribution in [0.1, 0.15) is 27.5 Å². The number of hydrogen-bond acceptors (Lipinski definition) is 4. The number of nitrogens with zero attached hydrogens (tertiary/aromatic N) is 2. The molecule has 0 spiro atoms. The van der Waals surface area contributed by atoms with E-state index in [0.29, 0.717) is 17.1 Å². The minimum absolute atomic E-state index is 0.0533. The Bertz CT molecular complexity index is 769. The number of carbonyl (C=O) groups excluding carboxylic acids is 1. The monoisotopic (exact) mass is 326 g/mol. The Kier molecular flexibility index (Phi) is 4.09. The second kappa shape index (κ2) is 6.07. The molecule has 0 fully saturated rings. The van der Waals surface area contributed by atoms with E-state index in [1.165, 1.54) is 0 Å². The van der Waals surface area contributed by atoms with E-state index >= 15 is 0 Å². The third kappa shape index (κ3) is 2.37. The van der Waals surface area contributed by atoms with Gasteiger partial charge in [0.15, 0.2) is 11.5 Å². The van der Waals surface area contributed by atoms with Crippen molar-refractivity contribution in [3.8, 4) is 11.5 Å². The zero-order valence-corrected chi connectivity index (χ0v) is 14.7. The van der Waals surface area contributed by atoms with Crippen LogP contribution in [0.4, 0.5) is 5.69 Å². The number of benzene rings is 2. The van der Waals surface area contributed by atoms with E-state index in [0.717, 1.165) is 16.8 Å². The largest absolute Gasteiger partial charge is 0.493 e. The lowest BCUT2D eigenvalue weighted by atomic mass is 9.97. The van der Waals surface area contributed by atoms with Gasteiger partial charge in [-0.25, -0.2) is 0 Å². The molecule has 24 heavy (non-hydrogen) atoms. The van der Waals surface area contributed by atoms with Gasteiger partial charge in [-0.05, 0) is 29.3 Å². The first kappa shape index (κ1) is 16.2. The van der Waals surface area contributed by atoms with E-state index in [1.54, 1.807) is 19.1 Å². The lowest BCUT2D eigenvalue weighted by molar-refractivity contribution is 0.0791. The molecule has 0 bridgehead atoms. The third-order valence-corrected chi connectivity index (χ3v) is 4.52. The molecule has 2 aromatic carbocycles. The smallest absolute Gasteiger partial charge is 0.258 e. The lowest BCUT2D eigenvalue weighted by Crippen LogP contribution is -2.24. The van der Waals surface area contributed by atoms with Crippen LogP contribution in [0.2, 0.25) is 0 Å². The highest BCUT2D eigenvalue weighted by molar-refractivity contribution is 6.03. The summed E-state index contributed by atoms with van der Waals surface area (Å²) < 4.78 is 10.8. The van der Waals surface area contributed by atoms with Crippen LogP contribution in [0.25, 0.3) is 0 Å². The average Bonchev–Trinajstić information content (AvgIpc) is 2.85. The summed E-state index contributed by atoms with van der Waals surface area (Å²) in [6.45, 7) is 0. The summed E-state index contributed by atoms with van der Waals surface area (Å²) in [5.41, 5.74) is 3.72. The molecule has 3 rings (SSSR count). The number of hydrogen-bond donors (Lipinski definition) is 0. The maximum atomic E-state index is 12.8. The standard InChI is InChI=1S/C19H22N2O3/c1-20(2)13-8-6-12(7-9-13)17-14-10-11-15(23-4)18(24-5)16(14)19(22)21(17)3/h6-11,17H,1-5H3. The van der Waals surface area contributed by atoms with Crippen LogP contribution < -0.4 is 14.4 Å². The molecule has 1 aliphatic heterocycles. The number of ether oxygens (including phenoxy) is 2. The van der Waals surface area contributed by atoms with Crippen LogP contribution in [-0.2, 0) is 0 Å². The van der Waals surface area contributed by atoms with Gasteiger partial charge in [-0.2, -0.15) is 0 Å². The maximum absolute atomic E-state index is 12.8. The maximum Gasteiger partial charge on any atom is 0.258 e. The highest BCUT2D eigenvalue weighted by atomic mass is 16.5. The molecular formula is C19H22N2O3. The molecule has 5 nitrogen and oxygen atoms in total. The van der Waals surface area contributed by atoms with Crippen molar-refractivity contribution in [2.75, 3.05) is 40.3 Å². The second-order valence-corrected chi connectivity index (χ2v) is 6.07. The third-order valence-electron chi connectivity index (χ3n) is 4.52. The minimum atomic E-state index is -0.122. The molecule has 1 unspecified atom stereocenters. The van der Waals surface area contributed by atoms with Crippen LogP contribution in [0, 0.1) is 0 Å². The van der Waals surface area contributed by atoms with Crippen LogP contribution >= 0.6 is 0 Å². The first-order valence-corrected chi connectivity index (χ1v) is 7.79. The predicted molar refractivity (Wildman–Crippen MR) is 94.3 cm³/mol. The normalized spacial score (nSPS) is 16.1. The molecule has 0 N–H and O–H groups in total. The molecular weight excluding hydrogens is 304 g/mol. The van der Waals surface area contributed by atoms with Crippen molar-refractivity contribution < 1.29 is 14.3 Å². The van der Waals surface area contributed by atoms with Gasteiger partial charge in [0.2, 0.25) is 0 Å². The molecule has 0 radical (unpaired) electrons. The summed E-state index contributed by atoms with van der Waals surface area (Å²) >= 11 is 0. The summed E-state index contributed by atoms with van der Waals surface area (Å²) in [7, 11) is 8.97. The van der Waals surface area contributed by atoms with Crippen molar-refractivity contribution >= 4 is 11.6 Å². The molecule has 2 aromatic rings. The van der Waals surface area contributed by atoms with Crippen molar-refractivity contribution in [2.45, 2.75) is 6.04 Å². The Morgan fingerprint density at radius 3 is 2.21 bits per heavy atom. The van der Waals surface area contributed by atoms with Gasteiger partial charge in [-0.3, -0.25) is 4.79 Å². The van der Waals surface area contributed by atoms with Crippen LogP contribution in [0.3, 0.4) is 0 Å².